The van der Waals surface area contributed by atoms with Crippen molar-refractivity contribution in [1.29, 1.82) is 0 Å². The van der Waals surface area contributed by atoms with Crippen molar-refractivity contribution in [2.45, 2.75) is 12.2 Å². The van der Waals surface area contributed by atoms with E-state index in [0.29, 0.717) is 0 Å². The van der Waals surface area contributed by atoms with Crippen LogP contribution in [0.5, 0.6) is 0 Å². The lowest BCUT2D eigenvalue weighted by molar-refractivity contribution is -0.163. The van der Waals surface area contributed by atoms with Gasteiger partial charge in [0.25, 0.3) is 0 Å². The predicted octanol–water partition coefficient (Wildman–Crippen LogP) is 1.47. The molecule has 0 saturated heterocycles. The zero-order valence-corrected chi connectivity index (χ0v) is 10.9. The molecule has 0 unspecified atom stereocenters. The Morgan fingerprint density at radius 2 is 1.76 bits per heavy atom. The highest BCUT2D eigenvalue weighted by atomic mass is 19.4. The second-order valence-corrected chi connectivity index (χ2v) is 4.03. The van der Waals surface area contributed by atoms with Crippen LogP contribution in [0.2, 0.25) is 0 Å². The van der Waals surface area contributed by atoms with Crippen molar-refractivity contribution >= 4 is 11.9 Å². The molecule has 3 amide bonds. The number of hydrogen-bond acceptors (Lipinski definition) is 2. The van der Waals surface area contributed by atoms with Crippen LogP contribution < -0.4 is 16.0 Å². The molecule has 21 heavy (non-hydrogen) atoms. The van der Waals surface area contributed by atoms with Crippen LogP contribution >= 0.6 is 0 Å². The zero-order chi connectivity index (χ0) is 16.0. The molecule has 0 heterocycles. The molecular weight excluding hydrogens is 294 g/mol. The molecule has 0 radical (unpaired) electrons. The molecule has 0 aliphatic heterocycles. The minimum absolute atomic E-state index is 0.308. The number of carbonyl (C=O) groups is 2. The highest BCUT2D eigenvalue weighted by molar-refractivity contribution is 5.84. The Labute approximate surface area is 117 Å². The number of nitrogens with one attached hydrogen (secondary N) is 3. The van der Waals surface area contributed by atoms with Crippen molar-refractivity contribution in [3.63, 3.8) is 0 Å². The molecule has 1 rings (SSSR count). The quantitative estimate of drug-likeness (QED) is 0.737. The van der Waals surface area contributed by atoms with Crippen LogP contribution in [0.1, 0.15) is 11.6 Å². The third-order valence-corrected chi connectivity index (χ3v) is 2.47. The first-order chi connectivity index (χ1) is 9.74. The number of urea groups is 1. The number of rotatable bonds is 4. The van der Waals surface area contributed by atoms with Crippen molar-refractivity contribution in [3.8, 4) is 0 Å². The lowest BCUT2D eigenvalue weighted by atomic mass is 10.1. The fraction of sp³-hybridized carbons (Fsp3) is 0.333. The molecule has 0 bridgehead atoms. The van der Waals surface area contributed by atoms with E-state index in [4.69, 9.17) is 0 Å². The summed E-state index contributed by atoms with van der Waals surface area (Å²) in [5, 5.41) is 5.95. The van der Waals surface area contributed by atoms with Crippen molar-refractivity contribution in [3.05, 3.63) is 35.6 Å². The van der Waals surface area contributed by atoms with Gasteiger partial charge in [0.1, 0.15) is 5.82 Å². The molecule has 116 valence electrons. The maximum atomic E-state index is 12.9. The zero-order valence-electron chi connectivity index (χ0n) is 10.9. The van der Waals surface area contributed by atoms with Crippen molar-refractivity contribution in [1.82, 2.24) is 16.0 Å². The first-order valence-corrected chi connectivity index (χ1v) is 5.81. The summed E-state index contributed by atoms with van der Waals surface area (Å²) in [6, 6.07) is 0.610. The molecule has 0 aliphatic carbocycles. The monoisotopic (exact) mass is 307 g/mol. The minimum Gasteiger partial charge on any atom is -0.341 e. The van der Waals surface area contributed by atoms with Gasteiger partial charge in [-0.25, -0.2) is 9.18 Å². The van der Waals surface area contributed by atoms with E-state index < -0.39 is 36.5 Å². The number of hydrogen-bond donors (Lipinski definition) is 3. The molecule has 5 nitrogen and oxygen atoms in total. The summed E-state index contributed by atoms with van der Waals surface area (Å²) in [5.41, 5.74) is -0.308. The number of amides is 3. The average molecular weight is 307 g/mol. The number of halogens is 4. The van der Waals surface area contributed by atoms with Crippen LogP contribution in [-0.4, -0.2) is 31.7 Å². The van der Waals surface area contributed by atoms with E-state index in [-0.39, 0.29) is 5.56 Å². The summed E-state index contributed by atoms with van der Waals surface area (Å²) in [6.07, 6.45) is -4.75. The van der Waals surface area contributed by atoms with Crippen LogP contribution in [-0.2, 0) is 4.79 Å². The lowest BCUT2D eigenvalue weighted by Gasteiger charge is -2.22. The van der Waals surface area contributed by atoms with Crippen molar-refractivity contribution in [2.24, 2.45) is 0 Å². The van der Waals surface area contributed by atoms with E-state index in [1.165, 1.54) is 7.05 Å². The largest absolute Gasteiger partial charge is 0.412 e. The van der Waals surface area contributed by atoms with Crippen LogP contribution in [0.25, 0.3) is 0 Å². The second-order valence-electron chi connectivity index (χ2n) is 4.03. The van der Waals surface area contributed by atoms with Gasteiger partial charge in [0.15, 0.2) is 6.04 Å². The second kappa shape index (κ2) is 6.91. The number of alkyl halides is 3. The first kappa shape index (κ1) is 16.7. The third-order valence-electron chi connectivity index (χ3n) is 2.47. The van der Waals surface area contributed by atoms with E-state index in [9.17, 15) is 27.2 Å². The SMILES string of the molecule is CNC(=O)NCC(=O)N[C@H](c1ccc(F)cc1)C(F)(F)F. The molecular formula is C12H13F4N3O2. The molecule has 0 aliphatic rings. The van der Waals surface area contributed by atoms with Gasteiger partial charge in [-0.2, -0.15) is 13.2 Å². The molecule has 0 saturated carbocycles. The molecule has 1 aromatic carbocycles. The van der Waals surface area contributed by atoms with Crippen LogP contribution in [0.3, 0.4) is 0 Å². The Bertz CT molecular complexity index is 502. The summed E-state index contributed by atoms with van der Waals surface area (Å²) in [4.78, 5) is 22.3. The van der Waals surface area contributed by atoms with E-state index in [1.807, 2.05) is 0 Å². The van der Waals surface area contributed by atoms with Crippen LogP contribution in [0.15, 0.2) is 24.3 Å². The number of carbonyl (C=O) groups excluding carboxylic acids is 2. The Hall–Kier alpha value is -2.32. The minimum atomic E-state index is -4.75. The fourth-order valence-corrected chi connectivity index (χ4v) is 1.47. The van der Waals surface area contributed by atoms with Crippen molar-refractivity contribution < 1.29 is 27.2 Å². The molecule has 0 aromatic heterocycles. The molecule has 9 heteroatoms. The van der Waals surface area contributed by atoms with E-state index in [2.05, 4.69) is 10.6 Å². The highest BCUT2D eigenvalue weighted by Crippen LogP contribution is 2.32. The van der Waals surface area contributed by atoms with Gasteiger partial charge >= 0.3 is 12.2 Å². The van der Waals surface area contributed by atoms with Gasteiger partial charge in [0.05, 0.1) is 6.54 Å². The first-order valence-electron chi connectivity index (χ1n) is 5.81. The number of benzene rings is 1. The summed E-state index contributed by atoms with van der Waals surface area (Å²) in [6.45, 7) is -0.618. The summed E-state index contributed by atoms with van der Waals surface area (Å²) in [5.74, 6) is -1.71. The highest BCUT2D eigenvalue weighted by Gasteiger charge is 2.41. The maximum Gasteiger partial charge on any atom is 0.412 e. The normalized spacial score (nSPS) is 12.4. The average Bonchev–Trinajstić information content (AvgIpc) is 2.42. The fourth-order valence-electron chi connectivity index (χ4n) is 1.47. The standard InChI is InChI=1S/C12H13F4N3O2/c1-17-11(21)18-6-9(20)19-10(12(14,15)16)7-2-4-8(13)5-3-7/h2-5,10H,6H2,1H3,(H,19,20)(H2,17,18,21)/t10-/m1/s1. The molecule has 1 atom stereocenters. The molecule has 1 aromatic rings. The van der Waals surface area contributed by atoms with E-state index in [0.717, 1.165) is 24.3 Å². The van der Waals surface area contributed by atoms with Gasteiger partial charge in [0, 0.05) is 7.05 Å². The molecule has 0 spiro atoms. The summed E-state index contributed by atoms with van der Waals surface area (Å²) < 4.78 is 51.5. The van der Waals surface area contributed by atoms with Gasteiger partial charge in [-0.15, -0.1) is 0 Å². The van der Waals surface area contributed by atoms with Crippen molar-refractivity contribution in [2.75, 3.05) is 13.6 Å². The Balaban J connectivity index is 2.78. The van der Waals surface area contributed by atoms with Gasteiger partial charge in [-0.3, -0.25) is 4.79 Å². The van der Waals surface area contributed by atoms with Gasteiger partial charge in [-0.1, -0.05) is 12.1 Å². The van der Waals surface area contributed by atoms with Gasteiger partial charge in [0.2, 0.25) is 5.91 Å². The van der Waals surface area contributed by atoms with E-state index >= 15 is 0 Å². The maximum absolute atomic E-state index is 12.9. The lowest BCUT2D eigenvalue weighted by Crippen LogP contribution is -2.45. The Morgan fingerprint density at radius 3 is 2.24 bits per heavy atom. The summed E-state index contributed by atoms with van der Waals surface area (Å²) >= 11 is 0. The molecule has 3 N–H and O–H groups in total. The third kappa shape index (κ3) is 5.28. The molecule has 0 fully saturated rings. The Morgan fingerprint density at radius 1 is 1.19 bits per heavy atom. The van der Waals surface area contributed by atoms with Crippen LogP contribution in [0, 0.1) is 5.82 Å². The smallest absolute Gasteiger partial charge is 0.341 e. The van der Waals surface area contributed by atoms with Gasteiger partial charge < -0.3 is 16.0 Å². The summed E-state index contributed by atoms with van der Waals surface area (Å²) in [7, 11) is 1.30. The van der Waals surface area contributed by atoms with E-state index in [1.54, 1.807) is 5.32 Å². The predicted molar refractivity (Wildman–Crippen MR) is 65.8 cm³/mol. The Kier molecular flexibility index (Phi) is 5.51. The topological polar surface area (TPSA) is 70.2 Å². The van der Waals surface area contributed by atoms with Crippen LogP contribution in [0.4, 0.5) is 22.4 Å². The van der Waals surface area contributed by atoms with Gasteiger partial charge in [-0.05, 0) is 17.7 Å².